The molecule has 2 unspecified atom stereocenters. The van der Waals surface area contributed by atoms with Crippen LogP contribution in [-0.4, -0.2) is 34.3 Å². The minimum absolute atomic E-state index is 0.145. The Kier molecular flexibility index (Phi) is 7.45. The third-order valence-corrected chi connectivity index (χ3v) is 6.29. The smallest absolute Gasteiger partial charge is 0.222 e. The van der Waals surface area contributed by atoms with E-state index in [4.69, 9.17) is 0 Å². The van der Waals surface area contributed by atoms with Gasteiger partial charge in [-0.1, -0.05) is 43.2 Å². The van der Waals surface area contributed by atoms with Crippen molar-refractivity contribution in [2.24, 2.45) is 5.92 Å². The van der Waals surface area contributed by atoms with Gasteiger partial charge in [0.1, 0.15) is 5.78 Å². The van der Waals surface area contributed by atoms with Crippen LogP contribution in [0.5, 0.6) is 0 Å². The predicted molar refractivity (Wildman–Crippen MR) is 106 cm³/mol. The topological polar surface area (TPSA) is 57.6 Å². The van der Waals surface area contributed by atoms with Gasteiger partial charge in [-0.3, -0.25) is 9.59 Å². The highest BCUT2D eigenvalue weighted by Crippen LogP contribution is 2.35. The lowest BCUT2D eigenvalue weighted by atomic mass is 9.78. The molecule has 2 aliphatic rings. The second-order valence-electron chi connectivity index (χ2n) is 8.20. The standard InChI is InChI=1S/C23H33NO3/c25-20(15-16-22(26)19-9-2-1-3-10-19)12-6-14-23(27)24-17-7-11-18-8-4-5-13-21(18)24/h1-3,9-10,18,21-22,26H,4-8,11-17H2/t18?,21?,22-/m0/s1. The second kappa shape index (κ2) is 10.0. The number of hydrogen-bond acceptors (Lipinski definition) is 3. The summed E-state index contributed by atoms with van der Waals surface area (Å²) in [6, 6.07) is 9.91. The van der Waals surface area contributed by atoms with Crippen LogP contribution < -0.4 is 0 Å². The molecule has 1 N–H and O–H groups in total. The number of aliphatic hydroxyl groups is 1. The lowest BCUT2D eigenvalue weighted by molar-refractivity contribution is -0.137. The molecule has 148 valence electrons. The predicted octanol–water partition coefficient (Wildman–Crippen LogP) is 4.42. The van der Waals surface area contributed by atoms with Crippen LogP contribution in [-0.2, 0) is 9.59 Å². The number of aliphatic hydroxyl groups excluding tert-OH is 1. The van der Waals surface area contributed by atoms with Gasteiger partial charge in [0, 0.05) is 31.8 Å². The van der Waals surface area contributed by atoms with E-state index in [0.29, 0.717) is 44.1 Å². The normalized spacial score (nSPS) is 23.5. The molecule has 0 radical (unpaired) electrons. The third-order valence-electron chi connectivity index (χ3n) is 6.29. The number of rotatable bonds is 8. The van der Waals surface area contributed by atoms with Crippen molar-refractivity contribution in [3.05, 3.63) is 35.9 Å². The van der Waals surface area contributed by atoms with Crippen LogP contribution in [0.15, 0.2) is 30.3 Å². The molecule has 0 spiro atoms. The van der Waals surface area contributed by atoms with Gasteiger partial charge in [-0.25, -0.2) is 0 Å². The molecule has 1 saturated heterocycles. The second-order valence-corrected chi connectivity index (χ2v) is 8.20. The first-order valence-electron chi connectivity index (χ1n) is 10.7. The minimum atomic E-state index is -0.589. The molecule has 0 bridgehead atoms. The molecule has 1 aromatic rings. The van der Waals surface area contributed by atoms with Crippen molar-refractivity contribution in [2.75, 3.05) is 6.54 Å². The number of carbonyl (C=O) groups is 2. The summed E-state index contributed by atoms with van der Waals surface area (Å²) in [4.78, 5) is 26.9. The van der Waals surface area contributed by atoms with Crippen LogP contribution in [0.3, 0.4) is 0 Å². The Bertz CT molecular complexity index is 613. The van der Waals surface area contributed by atoms with E-state index in [1.807, 2.05) is 30.3 Å². The molecule has 1 aliphatic heterocycles. The highest BCUT2D eigenvalue weighted by molar-refractivity contribution is 5.80. The molecule has 1 saturated carbocycles. The molecule has 4 heteroatoms. The van der Waals surface area contributed by atoms with Crippen molar-refractivity contribution in [1.29, 1.82) is 0 Å². The van der Waals surface area contributed by atoms with E-state index in [2.05, 4.69) is 4.90 Å². The number of piperidine rings is 1. The molecule has 1 heterocycles. The zero-order chi connectivity index (χ0) is 19.1. The van der Waals surface area contributed by atoms with Crippen molar-refractivity contribution in [3.63, 3.8) is 0 Å². The summed E-state index contributed by atoms with van der Waals surface area (Å²) in [7, 11) is 0. The van der Waals surface area contributed by atoms with Gasteiger partial charge in [0.25, 0.3) is 0 Å². The number of Topliss-reactive ketones (excluding diaryl/α,β-unsaturated/α-hetero) is 1. The molecule has 27 heavy (non-hydrogen) atoms. The number of carbonyl (C=O) groups excluding carboxylic acids is 2. The van der Waals surface area contributed by atoms with Crippen LogP contribution in [0.1, 0.15) is 82.3 Å². The molecule has 4 nitrogen and oxygen atoms in total. The lowest BCUT2D eigenvalue weighted by Crippen LogP contribution is -2.49. The quantitative estimate of drug-likeness (QED) is 0.736. The van der Waals surface area contributed by atoms with E-state index < -0.39 is 6.10 Å². The number of likely N-dealkylation sites (tertiary alicyclic amines) is 1. The average Bonchev–Trinajstić information content (AvgIpc) is 2.72. The zero-order valence-electron chi connectivity index (χ0n) is 16.3. The van der Waals surface area contributed by atoms with Gasteiger partial charge in [-0.05, 0) is 50.0 Å². The van der Waals surface area contributed by atoms with Crippen molar-refractivity contribution in [1.82, 2.24) is 4.90 Å². The molecule has 3 atom stereocenters. The maximum Gasteiger partial charge on any atom is 0.222 e. The van der Waals surface area contributed by atoms with E-state index in [9.17, 15) is 14.7 Å². The highest BCUT2D eigenvalue weighted by Gasteiger charge is 2.35. The molecular weight excluding hydrogens is 338 g/mol. The largest absolute Gasteiger partial charge is 0.388 e. The monoisotopic (exact) mass is 371 g/mol. The molecular formula is C23H33NO3. The van der Waals surface area contributed by atoms with E-state index in [1.54, 1.807) is 0 Å². The molecule has 0 aromatic heterocycles. The zero-order valence-corrected chi connectivity index (χ0v) is 16.3. The summed E-state index contributed by atoms with van der Waals surface area (Å²) in [6.45, 7) is 0.900. The van der Waals surface area contributed by atoms with E-state index in [-0.39, 0.29) is 11.7 Å². The van der Waals surface area contributed by atoms with Crippen LogP contribution in [0.4, 0.5) is 0 Å². The number of ketones is 1. The first-order chi connectivity index (χ1) is 13.1. The summed E-state index contributed by atoms with van der Waals surface area (Å²) in [6.07, 6.45) is 9.18. The minimum Gasteiger partial charge on any atom is -0.388 e. The molecule has 1 amide bonds. The Labute approximate surface area is 163 Å². The fraction of sp³-hybridized carbons (Fsp3) is 0.652. The summed E-state index contributed by atoms with van der Waals surface area (Å²) >= 11 is 0. The first-order valence-corrected chi connectivity index (χ1v) is 10.7. The van der Waals surface area contributed by atoms with Gasteiger partial charge < -0.3 is 10.0 Å². The summed E-state index contributed by atoms with van der Waals surface area (Å²) in [5.74, 6) is 1.09. The Morgan fingerprint density at radius 3 is 2.56 bits per heavy atom. The van der Waals surface area contributed by atoms with Gasteiger partial charge in [0.15, 0.2) is 0 Å². The summed E-state index contributed by atoms with van der Waals surface area (Å²) < 4.78 is 0. The average molecular weight is 372 g/mol. The number of hydrogen-bond donors (Lipinski definition) is 1. The lowest BCUT2D eigenvalue weighted by Gasteiger charge is -2.44. The van der Waals surface area contributed by atoms with Gasteiger partial charge >= 0.3 is 0 Å². The van der Waals surface area contributed by atoms with Gasteiger partial charge in [-0.2, -0.15) is 0 Å². The van der Waals surface area contributed by atoms with E-state index in [0.717, 1.165) is 24.9 Å². The first kappa shape index (κ1) is 20.1. The maximum absolute atomic E-state index is 12.7. The highest BCUT2D eigenvalue weighted by atomic mass is 16.3. The molecule has 1 aliphatic carbocycles. The summed E-state index contributed by atoms with van der Waals surface area (Å²) in [5.41, 5.74) is 0.854. The Balaban J connectivity index is 1.36. The van der Waals surface area contributed by atoms with Crippen LogP contribution in [0.25, 0.3) is 0 Å². The number of fused-ring (bicyclic) bond motifs is 1. The van der Waals surface area contributed by atoms with Gasteiger partial charge in [-0.15, -0.1) is 0 Å². The Morgan fingerprint density at radius 2 is 1.74 bits per heavy atom. The molecule has 2 fully saturated rings. The molecule has 1 aromatic carbocycles. The van der Waals surface area contributed by atoms with Crippen molar-refractivity contribution in [2.45, 2.75) is 82.8 Å². The maximum atomic E-state index is 12.7. The van der Waals surface area contributed by atoms with Crippen LogP contribution in [0, 0.1) is 5.92 Å². The van der Waals surface area contributed by atoms with Crippen LogP contribution in [0.2, 0.25) is 0 Å². The SMILES string of the molecule is O=C(CCCC(=O)N1CCCC2CCCCC21)CC[C@H](O)c1ccccc1. The Hall–Kier alpha value is -1.68. The van der Waals surface area contributed by atoms with Crippen molar-refractivity contribution in [3.8, 4) is 0 Å². The van der Waals surface area contributed by atoms with Gasteiger partial charge in [0.05, 0.1) is 6.10 Å². The summed E-state index contributed by atoms with van der Waals surface area (Å²) in [5, 5.41) is 10.2. The number of amides is 1. The third kappa shape index (κ3) is 5.65. The number of benzene rings is 1. The van der Waals surface area contributed by atoms with Gasteiger partial charge in [0.2, 0.25) is 5.91 Å². The van der Waals surface area contributed by atoms with Crippen molar-refractivity contribution >= 4 is 11.7 Å². The Morgan fingerprint density at radius 1 is 1.00 bits per heavy atom. The fourth-order valence-electron chi connectivity index (χ4n) is 4.78. The van der Waals surface area contributed by atoms with Crippen LogP contribution >= 0.6 is 0 Å². The fourth-order valence-corrected chi connectivity index (χ4v) is 4.78. The number of nitrogens with zero attached hydrogens (tertiary/aromatic N) is 1. The van der Waals surface area contributed by atoms with E-state index >= 15 is 0 Å². The molecule has 3 rings (SSSR count). The van der Waals surface area contributed by atoms with E-state index in [1.165, 1.54) is 25.7 Å². The van der Waals surface area contributed by atoms with Crippen molar-refractivity contribution < 1.29 is 14.7 Å².